The second-order valence-electron chi connectivity index (χ2n) is 5.26. The fourth-order valence-electron chi connectivity index (χ4n) is 2.71. The Labute approximate surface area is 115 Å². The highest BCUT2D eigenvalue weighted by atomic mass is 35.5. The fourth-order valence-corrected chi connectivity index (χ4v) is 2.90. The van der Waals surface area contributed by atoms with Crippen LogP contribution in [-0.2, 0) is 4.74 Å². The van der Waals surface area contributed by atoms with Gasteiger partial charge in [-0.05, 0) is 50.4 Å². The van der Waals surface area contributed by atoms with Crippen LogP contribution in [0.5, 0.6) is 0 Å². The van der Waals surface area contributed by atoms with Gasteiger partial charge in [-0.3, -0.25) is 0 Å². The Morgan fingerprint density at radius 2 is 2.28 bits per heavy atom. The van der Waals surface area contributed by atoms with Crippen LogP contribution in [0.1, 0.15) is 43.9 Å². The molecule has 1 aromatic carbocycles. The van der Waals surface area contributed by atoms with Gasteiger partial charge in [-0.1, -0.05) is 30.7 Å². The molecule has 2 atom stereocenters. The lowest BCUT2D eigenvalue weighted by Gasteiger charge is -2.34. The Morgan fingerprint density at radius 1 is 1.50 bits per heavy atom. The van der Waals surface area contributed by atoms with Crippen molar-refractivity contribution in [3.8, 4) is 0 Å². The molecule has 18 heavy (non-hydrogen) atoms. The van der Waals surface area contributed by atoms with Gasteiger partial charge in [0.15, 0.2) is 0 Å². The summed E-state index contributed by atoms with van der Waals surface area (Å²) in [6, 6.07) is 6.52. The van der Waals surface area contributed by atoms with Gasteiger partial charge >= 0.3 is 0 Å². The molecule has 1 N–H and O–H groups in total. The molecule has 1 aliphatic heterocycles. The molecule has 100 valence electrons. The van der Waals surface area contributed by atoms with Crippen LogP contribution in [0.15, 0.2) is 18.2 Å². The summed E-state index contributed by atoms with van der Waals surface area (Å²) < 4.78 is 5.97. The van der Waals surface area contributed by atoms with Crippen molar-refractivity contribution in [3.05, 3.63) is 34.3 Å². The molecule has 1 saturated heterocycles. The average Bonchev–Trinajstić information content (AvgIpc) is 2.78. The van der Waals surface area contributed by atoms with E-state index in [-0.39, 0.29) is 11.6 Å². The Morgan fingerprint density at radius 3 is 2.83 bits per heavy atom. The van der Waals surface area contributed by atoms with Gasteiger partial charge in [0.2, 0.25) is 0 Å². The number of ether oxygens (including phenoxy) is 1. The zero-order valence-corrected chi connectivity index (χ0v) is 12.2. The first-order valence-electron chi connectivity index (χ1n) is 6.70. The minimum Gasteiger partial charge on any atom is -0.373 e. The van der Waals surface area contributed by atoms with Crippen molar-refractivity contribution >= 4 is 11.6 Å². The van der Waals surface area contributed by atoms with E-state index in [2.05, 4.69) is 37.4 Å². The van der Waals surface area contributed by atoms with E-state index in [0.717, 1.165) is 36.6 Å². The third-order valence-corrected chi connectivity index (χ3v) is 4.20. The molecule has 1 heterocycles. The monoisotopic (exact) mass is 267 g/mol. The summed E-state index contributed by atoms with van der Waals surface area (Å²) in [7, 11) is 0. The summed E-state index contributed by atoms with van der Waals surface area (Å²) in [6.07, 6.45) is 2.23. The number of rotatable bonds is 4. The van der Waals surface area contributed by atoms with Gasteiger partial charge in [0.25, 0.3) is 0 Å². The average molecular weight is 268 g/mol. The molecule has 1 fully saturated rings. The van der Waals surface area contributed by atoms with Crippen molar-refractivity contribution in [2.45, 2.75) is 45.3 Å². The van der Waals surface area contributed by atoms with Gasteiger partial charge in [0.1, 0.15) is 0 Å². The number of aryl methyl sites for hydroxylation is 1. The molecule has 0 bridgehead atoms. The summed E-state index contributed by atoms with van der Waals surface area (Å²) in [4.78, 5) is 0. The molecule has 1 aliphatic rings. The first-order chi connectivity index (χ1) is 8.57. The molecule has 2 rings (SSSR count). The lowest BCUT2D eigenvalue weighted by molar-refractivity contribution is -0.0121. The topological polar surface area (TPSA) is 21.3 Å². The molecule has 0 saturated carbocycles. The highest BCUT2D eigenvalue weighted by Gasteiger charge is 2.38. The molecular formula is C15H22ClNO. The largest absolute Gasteiger partial charge is 0.373 e. The van der Waals surface area contributed by atoms with Crippen molar-refractivity contribution in [1.82, 2.24) is 5.32 Å². The first kappa shape index (κ1) is 13.9. The Balaban J connectivity index is 2.31. The van der Waals surface area contributed by atoms with Crippen LogP contribution >= 0.6 is 11.6 Å². The van der Waals surface area contributed by atoms with E-state index < -0.39 is 0 Å². The van der Waals surface area contributed by atoms with Crippen molar-refractivity contribution < 1.29 is 4.74 Å². The Bertz CT molecular complexity index is 413. The molecule has 0 aliphatic carbocycles. The Kier molecular flexibility index (Phi) is 4.31. The zero-order chi connectivity index (χ0) is 13.2. The van der Waals surface area contributed by atoms with Crippen LogP contribution < -0.4 is 5.32 Å². The Hall–Kier alpha value is -0.570. The second kappa shape index (κ2) is 5.60. The van der Waals surface area contributed by atoms with E-state index in [0.29, 0.717) is 0 Å². The van der Waals surface area contributed by atoms with Crippen molar-refractivity contribution in [1.29, 1.82) is 0 Å². The standard InChI is InChI=1S/C15H22ClNO/c1-4-17-14(15(3)8-5-9-18-15)12-7-6-11(2)13(16)10-12/h6-7,10,14,17H,4-5,8-9H2,1-3H3. The van der Waals surface area contributed by atoms with Crippen LogP contribution in [-0.4, -0.2) is 18.8 Å². The summed E-state index contributed by atoms with van der Waals surface area (Å²) >= 11 is 6.24. The maximum atomic E-state index is 6.24. The normalized spacial score (nSPS) is 25.3. The van der Waals surface area contributed by atoms with E-state index >= 15 is 0 Å². The second-order valence-corrected chi connectivity index (χ2v) is 5.67. The van der Waals surface area contributed by atoms with Gasteiger partial charge in [-0.2, -0.15) is 0 Å². The minimum atomic E-state index is -0.116. The van der Waals surface area contributed by atoms with E-state index in [9.17, 15) is 0 Å². The molecule has 2 unspecified atom stereocenters. The maximum Gasteiger partial charge on any atom is 0.0849 e. The van der Waals surface area contributed by atoms with E-state index in [4.69, 9.17) is 16.3 Å². The zero-order valence-electron chi connectivity index (χ0n) is 11.4. The fraction of sp³-hybridized carbons (Fsp3) is 0.600. The molecule has 3 heteroatoms. The molecule has 2 nitrogen and oxygen atoms in total. The SMILES string of the molecule is CCNC(c1ccc(C)c(Cl)c1)C1(C)CCCO1. The van der Waals surface area contributed by atoms with Gasteiger partial charge in [0.05, 0.1) is 11.6 Å². The number of likely N-dealkylation sites (N-methyl/N-ethyl adjacent to an activating group) is 1. The van der Waals surface area contributed by atoms with Crippen LogP contribution in [0.2, 0.25) is 5.02 Å². The lowest BCUT2D eigenvalue weighted by atomic mass is 9.87. The lowest BCUT2D eigenvalue weighted by Crippen LogP contribution is -2.41. The van der Waals surface area contributed by atoms with Gasteiger partial charge in [0, 0.05) is 11.6 Å². The number of nitrogens with one attached hydrogen (secondary N) is 1. The predicted octanol–water partition coefficient (Wildman–Crippen LogP) is 3.87. The molecular weight excluding hydrogens is 246 g/mol. The van der Waals surface area contributed by atoms with Crippen molar-refractivity contribution in [2.24, 2.45) is 0 Å². The van der Waals surface area contributed by atoms with Crippen LogP contribution in [0, 0.1) is 6.92 Å². The molecule has 1 aromatic rings. The highest BCUT2D eigenvalue weighted by Crippen LogP contribution is 2.38. The van der Waals surface area contributed by atoms with Crippen LogP contribution in [0.4, 0.5) is 0 Å². The first-order valence-corrected chi connectivity index (χ1v) is 7.08. The molecule has 0 aromatic heterocycles. The van der Waals surface area contributed by atoms with Crippen molar-refractivity contribution in [2.75, 3.05) is 13.2 Å². The van der Waals surface area contributed by atoms with Crippen LogP contribution in [0.3, 0.4) is 0 Å². The summed E-state index contributed by atoms with van der Waals surface area (Å²) in [5.41, 5.74) is 2.22. The number of hydrogen-bond donors (Lipinski definition) is 1. The van der Waals surface area contributed by atoms with Crippen LogP contribution in [0.25, 0.3) is 0 Å². The smallest absolute Gasteiger partial charge is 0.0849 e. The molecule has 0 amide bonds. The van der Waals surface area contributed by atoms with Crippen molar-refractivity contribution in [3.63, 3.8) is 0 Å². The van der Waals surface area contributed by atoms with E-state index in [1.807, 2.05) is 6.92 Å². The third-order valence-electron chi connectivity index (χ3n) is 3.80. The number of halogens is 1. The minimum absolute atomic E-state index is 0.116. The van der Waals surface area contributed by atoms with Gasteiger partial charge in [-0.25, -0.2) is 0 Å². The van der Waals surface area contributed by atoms with Gasteiger partial charge < -0.3 is 10.1 Å². The van der Waals surface area contributed by atoms with E-state index in [1.165, 1.54) is 5.56 Å². The quantitative estimate of drug-likeness (QED) is 0.894. The predicted molar refractivity (Wildman–Crippen MR) is 76.2 cm³/mol. The third kappa shape index (κ3) is 2.71. The van der Waals surface area contributed by atoms with E-state index in [1.54, 1.807) is 0 Å². The number of benzene rings is 1. The van der Waals surface area contributed by atoms with Gasteiger partial charge in [-0.15, -0.1) is 0 Å². The summed E-state index contributed by atoms with van der Waals surface area (Å²) in [5, 5.41) is 4.37. The summed E-state index contributed by atoms with van der Waals surface area (Å²) in [5.74, 6) is 0. The maximum absolute atomic E-state index is 6.24. The molecule has 0 spiro atoms. The molecule has 0 radical (unpaired) electrons. The summed E-state index contributed by atoms with van der Waals surface area (Å²) in [6.45, 7) is 8.14. The number of hydrogen-bond acceptors (Lipinski definition) is 2. The highest BCUT2D eigenvalue weighted by molar-refractivity contribution is 6.31.